The van der Waals surface area contributed by atoms with E-state index in [-0.39, 0.29) is 12.5 Å². The molecule has 0 aliphatic rings. The highest BCUT2D eigenvalue weighted by molar-refractivity contribution is 5.75. The number of aliphatic hydroxyl groups is 1. The zero-order valence-corrected chi connectivity index (χ0v) is 7.86. The van der Waals surface area contributed by atoms with Gasteiger partial charge in [-0.15, -0.1) is 0 Å². The fraction of sp³-hybridized carbons (Fsp3) is 0.625. The molecular formula is C8H14N4O2. The molecule has 0 saturated carbocycles. The zero-order valence-electron chi connectivity index (χ0n) is 7.86. The van der Waals surface area contributed by atoms with Crippen molar-refractivity contribution in [1.82, 2.24) is 20.5 Å². The second kappa shape index (κ2) is 6.09. The number of aliphatic hydroxyl groups excluding tert-OH is 1. The van der Waals surface area contributed by atoms with Crippen LogP contribution in [0.2, 0.25) is 0 Å². The lowest BCUT2D eigenvalue weighted by Crippen LogP contribution is -2.25. The predicted molar refractivity (Wildman–Crippen MR) is 49.4 cm³/mol. The highest BCUT2D eigenvalue weighted by Gasteiger charge is 2.00. The summed E-state index contributed by atoms with van der Waals surface area (Å²) in [6, 6.07) is 0. The molecular weight excluding hydrogens is 184 g/mol. The Kier molecular flexibility index (Phi) is 4.63. The van der Waals surface area contributed by atoms with Gasteiger partial charge in [-0.1, -0.05) is 0 Å². The van der Waals surface area contributed by atoms with Crippen LogP contribution < -0.4 is 5.32 Å². The van der Waals surface area contributed by atoms with E-state index in [0.29, 0.717) is 25.8 Å². The van der Waals surface area contributed by atoms with Gasteiger partial charge in [-0.05, 0) is 6.42 Å². The first-order chi connectivity index (χ1) is 6.83. The zero-order chi connectivity index (χ0) is 10.2. The van der Waals surface area contributed by atoms with Crippen molar-refractivity contribution in [2.24, 2.45) is 0 Å². The number of hydrogen-bond acceptors (Lipinski definition) is 4. The Labute approximate surface area is 81.7 Å². The van der Waals surface area contributed by atoms with Crippen molar-refractivity contribution in [3.05, 3.63) is 12.2 Å². The van der Waals surface area contributed by atoms with Crippen LogP contribution in [0, 0.1) is 0 Å². The van der Waals surface area contributed by atoms with Gasteiger partial charge in [-0.2, -0.15) is 5.10 Å². The average Bonchev–Trinajstić information content (AvgIpc) is 2.67. The number of H-pyrrole nitrogens is 1. The predicted octanol–water partition coefficient (Wildman–Crippen LogP) is -0.764. The fourth-order valence-electron chi connectivity index (χ4n) is 1.000. The Hall–Kier alpha value is -1.43. The molecule has 0 radical (unpaired) electrons. The van der Waals surface area contributed by atoms with Crippen molar-refractivity contribution < 1.29 is 9.90 Å². The monoisotopic (exact) mass is 198 g/mol. The van der Waals surface area contributed by atoms with E-state index in [2.05, 4.69) is 20.5 Å². The van der Waals surface area contributed by atoms with Gasteiger partial charge in [-0.3, -0.25) is 9.89 Å². The summed E-state index contributed by atoms with van der Waals surface area (Å²) in [4.78, 5) is 15.0. The summed E-state index contributed by atoms with van der Waals surface area (Å²) in [5, 5.41) is 17.6. The van der Waals surface area contributed by atoms with Gasteiger partial charge in [0.2, 0.25) is 5.91 Å². The number of nitrogens with one attached hydrogen (secondary N) is 2. The van der Waals surface area contributed by atoms with Crippen molar-refractivity contribution in [3.8, 4) is 0 Å². The number of nitrogens with zero attached hydrogens (tertiary/aromatic N) is 2. The second-order valence-electron chi connectivity index (χ2n) is 2.86. The van der Waals surface area contributed by atoms with Crippen molar-refractivity contribution in [2.75, 3.05) is 13.2 Å². The largest absolute Gasteiger partial charge is 0.396 e. The summed E-state index contributed by atoms with van der Waals surface area (Å²) in [6.45, 7) is 0.592. The Morgan fingerprint density at radius 3 is 3.14 bits per heavy atom. The van der Waals surface area contributed by atoms with Gasteiger partial charge in [-0.25, -0.2) is 4.98 Å². The Bertz CT molecular complexity index is 260. The quantitative estimate of drug-likeness (QED) is 0.560. The smallest absolute Gasteiger partial charge is 0.220 e. The van der Waals surface area contributed by atoms with Crippen LogP contribution in [0.25, 0.3) is 0 Å². The first kappa shape index (κ1) is 10.6. The highest BCUT2D eigenvalue weighted by Crippen LogP contribution is 1.88. The molecule has 1 rings (SSSR count). The van der Waals surface area contributed by atoms with Crippen LogP contribution in [0.4, 0.5) is 0 Å². The number of amides is 1. The summed E-state index contributed by atoms with van der Waals surface area (Å²) in [5.41, 5.74) is 0. The van der Waals surface area contributed by atoms with Crippen LogP contribution in [-0.2, 0) is 11.2 Å². The summed E-state index contributed by atoms with van der Waals surface area (Å²) in [5.74, 6) is 0.714. The molecule has 0 unspecified atom stereocenters. The summed E-state index contributed by atoms with van der Waals surface area (Å²) < 4.78 is 0. The molecule has 0 bridgehead atoms. The lowest BCUT2D eigenvalue weighted by Gasteiger charge is -2.02. The topological polar surface area (TPSA) is 90.9 Å². The molecule has 0 aliphatic carbocycles. The molecule has 3 N–H and O–H groups in total. The van der Waals surface area contributed by atoms with E-state index in [1.165, 1.54) is 6.33 Å². The van der Waals surface area contributed by atoms with Gasteiger partial charge in [0, 0.05) is 26.0 Å². The number of hydrogen-bond donors (Lipinski definition) is 3. The lowest BCUT2D eigenvalue weighted by molar-refractivity contribution is -0.121. The number of carbonyl (C=O) groups excluding carboxylic acids is 1. The van der Waals surface area contributed by atoms with Gasteiger partial charge >= 0.3 is 0 Å². The summed E-state index contributed by atoms with van der Waals surface area (Å²) in [6.07, 6.45) is 2.95. The molecule has 0 saturated heterocycles. The standard InChI is InChI=1S/C8H14N4O2/c13-5-1-2-8(14)9-4-3-7-10-6-11-12-7/h6,13H,1-5H2,(H,9,14)(H,10,11,12). The van der Waals surface area contributed by atoms with Crippen molar-refractivity contribution >= 4 is 5.91 Å². The van der Waals surface area contributed by atoms with E-state index in [4.69, 9.17) is 5.11 Å². The third kappa shape index (κ3) is 3.99. The molecule has 1 aromatic heterocycles. The van der Waals surface area contributed by atoms with Crippen molar-refractivity contribution in [1.29, 1.82) is 0 Å². The Morgan fingerprint density at radius 2 is 2.50 bits per heavy atom. The van der Waals surface area contributed by atoms with E-state index >= 15 is 0 Å². The van der Waals surface area contributed by atoms with Crippen LogP contribution >= 0.6 is 0 Å². The van der Waals surface area contributed by atoms with E-state index in [0.717, 1.165) is 5.82 Å². The molecule has 14 heavy (non-hydrogen) atoms. The minimum Gasteiger partial charge on any atom is -0.396 e. The van der Waals surface area contributed by atoms with Crippen LogP contribution in [0.1, 0.15) is 18.7 Å². The van der Waals surface area contributed by atoms with Gasteiger partial charge in [0.15, 0.2) is 0 Å². The number of carbonyl (C=O) groups is 1. The molecule has 1 aromatic rings. The molecule has 0 spiro atoms. The maximum Gasteiger partial charge on any atom is 0.220 e. The molecule has 1 amide bonds. The minimum absolute atomic E-state index is 0.0430. The maximum absolute atomic E-state index is 11.1. The van der Waals surface area contributed by atoms with Crippen molar-refractivity contribution in [3.63, 3.8) is 0 Å². The van der Waals surface area contributed by atoms with Gasteiger partial charge in [0.1, 0.15) is 12.2 Å². The average molecular weight is 198 g/mol. The van der Waals surface area contributed by atoms with Crippen LogP contribution in [-0.4, -0.2) is 39.3 Å². The first-order valence-electron chi connectivity index (χ1n) is 4.54. The third-order valence-electron chi connectivity index (χ3n) is 1.71. The van der Waals surface area contributed by atoms with E-state index in [1.54, 1.807) is 0 Å². The van der Waals surface area contributed by atoms with Gasteiger partial charge in [0.05, 0.1) is 0 Å². The van der Waals surface area contributed by atoms with Crippen LogP contribution in [0.15, 0.2) is 6.33 Å². The molecule has 0 atom stereocenters. The molecule has 78 valence electrons. The van der Waals surface area contributed by atoms with E-state index in [1.807, 2.05) is 0 Å². The Balaban J connectivity index is 2.06. The summed E-state index contributed by atoms with van der Waals surface area (Å²) >= 11 is 0. The van der Waals surface area contributed by atoms with Crippen LogP contribution in [0.3, 0.4) is 0 Å². The number of aromatic amines is 1. The van der Waals surface area contributed by atoms with E-state index < -0.39 is 0 Å². The normalized spacial score (nSPS) is 10.1. The van der Waals surface area contributed by atoms with Crippen LogP contribution in [0.5, 0.6) is 0 Å². The third-order valence-corrected chi connectivity index (χ3v) is 1.71. The van der Waals surface area contributed by atoms with Crippen molar-refractivity contribution in [2.45, 2.75) is 19.3 Å². The second-order valence-corrected chi connectivity index (χ2v) is 2.86. The Morgan fingerprint density at radius 1 is 1.64 bits per heavy atom. The number of rotatable bonds is 6. The first-order valence-corrected chi connectivity index (χ1v) is 4.54. The molecule has 0 fully saturated rings. The summed E-state index contributed by atoms with van der Waals surface area (Å²) in [7, 11) is 0. The molecule has 6 nitrogen and oxygen atoms in total. The number of aromatic nitrogens is 3. The maximum atomic E-state index is 11.1. The lowest BCUT2D eigenvalue weighted by atomic mass is 10.3. The van der Waals surface area contributed by atoms with Gasteiger partial charge < -0.3 is 10.4 Å². The molecule has 6 heteroatoms. The molecule has 1 heterocycles. The minimum atomic E-state index is -0.0430. The molecule has 0 aliphatic heterocycles. The SMILES string of the molecule is O=C(CCCO)NCCc1ncn[nH]1. The fourth-order valence-corrected chi connectivity index (χ4v) is 1.000. The van der Waals surface area contributed by atoms with E-state index in [9.17, 15) is 4.79 Å². The molecule has 0 aromatic carbocycles. The van der Waals surface area contributed by atoms with Gasteiger partial charge in [0.25, 0.3) is 0 Å². The highest BCUT2D eigenvalue weighted by atomic mass is 16.3.